The fraction of sp³-hybridized carbons (Fsp3) is 0.0667. The summed E-state index contributed by atoms with van der Waals surface area (Å²) in [6.07, 6.45) is 1.99. The Bertz CT molecular complexity index is 765. The van der Waals surface area contributed by atoms with Crippen molar-refractivity contribution in [2.75, 3.05) is 5.32 Å². The molecular weight excluding hydrogens is 315 g/mol. The van der Waals surface area contributed by atoms with E-state index in [4.69, 9.17) is 34.8 Å². The number of hydrogen-bond donors (Lipinski definition) is 2. The molecule has 0 atom stereocenters. The van der Waals surface area contributed by atoms with Gasteiger partial charge in [0.15, 0.2) is 0 Å². The number of halogens is 3. The fourth-order valence-electron chi connectivity index (χ4n) is 2.13. The maximum atomic E-state index is 6.15. The molecule has 3 rings (SSSR count). The summed E-state index contributed by atoms with van der Waals surface area (Å²) in [4.78, 5) is 3.24. The second-order valence-electron chi connectivity index (χ2n) is 4.46. The van der Waals surface area contributed by atoms with E-state index in [-0.39, 0.29) is 0 Å². The predicted octanol–water partition coefficient (Wildman–Crippen LogP) is 5.74. The molecule has 1 heterocycles. The summed E-state index contributed by atoms with van der Waals surface area (Å²) in [5.41, 5.74) is 3.05. The lowest BCUT2D eigenvalue weighted by atomic mass is 10.2. The Morgan fingerprint density at radius 1 is 0.950 bits per heavy atom. The van der Waals surface area contributed by atoms with E-state index in [1.807, 2.05) is 24.4 Å². The van der Waals surface area contributed by atoms with Crippen LogP contribution >= 0.6 is 34.8 Å². The first-order valence-electron chi connectivity index (χ1n) is 6.08. The SMILES string of the molecule is Clc1cc(Cl)c(NCc2c[nH]c3ccccc23)cc1Cl. The summed E-state index contributed by atoms with van der Waals surface area (Å²) in [6.45, 7) is 0.654. The minimum atomic E-state index is 0.453. The van der Waals surface area contributed by atoms with Crippen LogP contribution in [0, 0.1) is 0 Å². The van der Waals surface area contributed by atoms with E-state index in [0.717, 1.165) is 11.2 Å². The topological polar surface area (TPSA) is 27.8 Å². The van der Waals surface area contributed by atoms with E-state index in [0.29, 0.717) is 21.6 Å². The summed E-state index contributed by atoms with van der Waals surface area (Å²) in [6, 6.07) is 11.5. The zero-order valence-electron chi connectivity index (χ0n) is 10.4. The minimum absolute atomic E-state index is 0.453. The molecule has 2 aromatic carbocycles. The molecule has 3 aromatic rings. The molecule has 0 bridgehead atoms. The smallest absolute Gasteiger partial charge is 0.0653 e. The van der Waals surface area contributed by atoms with Crippen LogP contribution in [0.25, 0.3) is 10.9 Å². The van der Waals surface area contributed by atoms with Crippen molar-refractivity contribution in [2.45, 2.75) is 6.54 Å². The molecule has 20 heavy (non-hydrogen) atoms. The lowest BCUT2D eigenvalue weighted by molar-refractivity contribution is 1.16. The van der Waals surface area contributed by atoms with E-state index in [1.54, 1.807) is 12.1 Å². The molecule has 0 unspecified atom stereocenters. The molecule has 0 radical (unpaired) electrons. The van der Waals surface area contributed by atoms with Crippen molar-refractivity contribution in [1.82, 2.24) is 4.98 Å². The van der Waals surface area contributed by atoms with Crippen LogP contribution in [0.3, 0.4) is 0 Å². The molecule has 0 aliphatic carbocycles. The van der Waals surface area contributed by atoms with Gasteiger partial charge in [0.1, 0.15) is 0 Å². The molecule has 0 saturated carbocycles. The number of rotatable bonds is 3. The van der Waals surface area contributed by atoms with E-state index in [9.17, 15) is 0 Å². The van der Waals surface area contributed by atoms with Crippen LogP contribution in [0.15, 0.2) is 42.6 Å². The number of aromatic amines is 1. The zero-order chi connectivity index (χ0) is 14.1. The van der Waals surface area contributed by atoms with Crippen LogP contribution < -0.4 is 5.32 Å². The van der Waals surface area contributed by atoms with Crippen molar-refractivity contribution < 1.29 is 0 Å². The first-order chi connectivity index (χ1) is 9.65. The van der Waals surface area contributed by atoms with Gasteiger partial charge in [-0.1, -0.05) is 53.0 Å². The maximum Gasteiger partial charge on any atom is 0.0653 e. The van der Waals surface area contributed by atoms with Gasteiger partial charge in [-0.3, -0.25) is 0 Å². The van der Waals surface area contributed by atoms with Gasteiger partial charge in [0.2, 0.25) is 0 Å². The van der Waals surface area contributed by atoms with Gasteiger partial charge in [0, 0.05) is 23.6 Å². The molecule has 0 fully saturated rings. The molecule has 0 amide bonds. The van der Waals surface area contributed by atoms with Crippen molar-refractivity contribution in [1.29, 1.82) is 0 Å². The van der Waals surface area contributed by atoms with Gasteiger partial charge >= 0.3 is 0 Å². The van der Waals surface area contributed by atoms with E-state index in [1.165, 1.54) is 10.9 Å². The summed E-state index contributed by atoms with van der Waals surface area (Å²) in [5.74, 6) is 0. The molecule has 102 valence electrons. The summed E-state index contributed by atoms with van der Waals surface area (Å²) < 4.78 is 0. The Hall–Kier alpha value is -1.35. The van der Waals surface area contributed by atoms with Crippen molar-refractivity contribution in [3.8, 4) is 0 Å². The lowest BCUT2D eigenvalue weighted by Gasteiger charge is -2.09. The predicted molar refractivity (Wildman–Crippen MR) is 87.1 cm³/mol. The number of aromatic nitrogens is 1. The molecule has 2 N–H and O–H groups in total. The van der Waals surface area contributed by atoms with Gasteiger partial charge < -0.3 is 10.3 Å². The molecule has 5 heteroatoms. The second-order valence-corrected chi connectivity index (χ2v) is 5.68. The third kappa shape index (κ3) is 2.59. The molecule has 0 aliphatic heterocycles. The fourth-order valence-corrected chi connectivity index (χ4v) is 2.74. The minimum Gasteiger partial charge on any atom is -0.380 e. The molecule has 0 spiro atoms. The van der Waals surface area contributed by atoms with Gasteiger partial charge in [-0.2, -0.15) is 0 Å². The number of nitrogens with one attached hydrogen (secondary N) is 2. The molecule has 0 saturated heterocycles. The van der Waals surface area contributed by atoms with Crippen molar-refractivity contribution in [3.05, 3.63) is 63.2 Å². The van der Waals surface area contributed by atoms with Crippen LogP contribution in [0.5, 0.6) is 0 Å². The number of hydrogen-bond acceptors (Lipinski definition) is 1. The highest BCUT2D eigenvalue weighted by Gasteiger charge is 2.07. The molecular formula is C15H11Cl3N2. The highest BCUT2D eigenvalue weighted by atomic mass is 35.5. The Kier molecular flexibility index (Phi) is 3.79. The Morgan fingerprint density at radius 3 is 2.55 bits per heavy atom. The Morgan fingerprint density at radius 2 is 1.70 bits per heavy atom. The van der Waals surface area contributed by atoms with Gasteiger partial charge in [-0.15, -0.1) is 0 Å². The maximum absolute atomic E-state index is 6.15. The highest BCUT2D eigenvalue weighted by molar-refractivity contribution is 6.44. The average Bonchev–Trinajstić information content (AvgIpc) is 2.85. The number of para-hydroxylation sites is 1. The summed E-state index contributed by atoms with van der Waals surface area (Å²) in [7, 11) is 0. The normalized spacial score (nSPS) is 10.9. The van der Waals surface area contributed by atoms with Crippen LogP contribution in [0.2, 0.25) is 15.1 Å². The van der Waals surface area contributed by atoms with Gasteiger partial charge in [0.25, 0.3) is 0 Å². The summed E-state index contributed by atoms with van der Waals surface area (Å²) >= 11 is 18.1. The third-order valence-corrected chi connectivity index (χ3v) is 4.19. The number of H-pyrrole nitrogens is 1. The van der Waals surface area contributed by atoms with Crippen molar-refractivity contribution in [2.24, 2.45) is 0 Å². The Balaban J connectivity index is 1.85. The lowest BCUT2D eigenvalue weighted by Crippen LogP contribution is -1.99. The van der Waals surface area contributed by atoms with Crippen LogP contribution in [-0.4, -0.2) is 4.98 Å². The monoisotopic (exact) mass is 324 g/mol. The molecule has 2 nitrogen and oxygen atoms in total. The van der Waals surface area contributed by atoms with Gasteiger partial charge in [-0.05, 0) is 23.8 Å². The second kappa shape index (κ2) is 5.57. The van der Waals surface area contributed by atoms with Crippen LogP contribution in [0.4, 0.5) is 5.69 Å². The van der Waals surface area contributed by atoms with Crippen molar-refractivity contribution >= 4 is 51.4 Å². The number of benzene rings is 2. The molecule has 1 aromatic heterocycles. The number of anilines is 1. The van der Waals surface area contributed by atoms with Gasteiger partial charge in [0.05, 0.1) is 20.8 Å². The molecule has 0 aliphatic rings. The summed E-state index contributed by atoms with van der Waals surface area (Å²) in [5, 5.41) is 5.96. The average molecular weight is 326 g/mol. The highest BCUT2D eigenvalue weighted by Crippen LogP contribution is 2.32. The third-order valence-electron chi connectivity index (χ3n) is 3.15. The Labute approximate surface area is 131 Å². The largest absolute Gasteiger partial charge is 0.380 e. The standard InChI is InChI=1S/C15H11Cl3N2/c16-11-5-13(18)15(6-12(11)17)20-8-9-7-19-14-4-2-1-3-10(9)14/h1-7,19-20H,8H2. The van der Waals surface area contributed by atoms with Gasteiger partial charge in [-0.25, -0.2) is 0 Å². The van der Waals surface area contributed by atoms with Crippen molar-refractivity contribution in [3.63, 3.8) is 0 Å². The van der Waals surface area contributed by atoms with Crippen LogP contribution in [0.1, 0.15) is 5.56 Å². The zero-order valence-corrected chi connectivity index (χ0v) is 12.7. The number of fused-ring (bicyclic) bond motifs is 1. The van der Waals surface area contributed by atoms with E-state index < -0.39 is 0 Å². The van der Waals surface area contributed by atoms with E-state index in [2.05, 4.69) is 16.4 Å². The van der Waals surface area contributed by atoms with Crippen LogP contribution in [-0.2, 0) is 6.54 Å². The first kappa shape index (κ1) is 13.6. The first-order valence-corrected chi connectivity index (χ1v) is 7.22. The van der Waals surface area contributed by atoms with E-state index >= 15 is 0 Å². The quantitative estimate of drug-likeness (QED) is 0.590.